The molecule has 0 aliphatic heterocycles. The van der Waals surface area contributed by atoms with Gasteiger partial charge in [-0.15, -0.1) is 0 Å². The zero-order chi connectivity index (χ0) is 13.0. The summed E-state index contributed by atoms with van der Waals surface area (Å²) in [5.74, 6) is 0. The van der Waals surface area contributed by atoms with Gasteiger partial charge in [-0.1, -0.05) is 39.0 Å². The van der Waals surface area contributed by atoms with Crippen molar-refractivity contribution in [3.05, 3.63) is 0 Å². The molecule has 0 aromatic carbocycles. The van der Waals surface area contributed by atoms with Crippen molar-refractivity contribution in [2.24, 2.45) is 0 Å². The van der Waals surface area contributed by atoms with Gasteiger partial charge in [0.15, 0.2) is 0 Å². The molecule has 2 nitrogen and oxygen atoms in total. The third-order valence-electron chi connectivity index (χ3n) is 3.54. The molecule has 17 heavy (non-hydrogen) atoms. The van der Waals surface area contributed by atoms with Gasteiger partial charge < -0.3 is 9.59 Å². The van der Waals surface area contributed by atoms with E-state index in [4.69, 9.17) is 5.11 Å². The Morgan fingerprint density at radius 2 is 1.18 bits per heavy atom. The van der Waals surface area contributed by atoms with Crippen molar-refractivity contribution in [3.8, 4) is 0 Å². The standard InChI is InChI=1S/C15H34NO/c1-4-5-6-7-8-9-10-13-16(2,3)14-11-12-15-17/h17H,4-15H2,1-3H3/q+1. The third-order valence-corrected chi connectivity index (χ3v) is 3.54. The molecule has 104 valence electrons. The van der Waals surface area contributed by atoms with Crippen molar-refractivity contribution in [2.75, 3.05) is 33.8 Å². The van der Waals surface area contributed by atoms with E-state index in [9.17, 15) is 0 Å². The number of rotatable bonds is 12. The van der Waals surface area contributed by atoms with Crippen LogP contribution >= 0.6 is 0 Å². The van der Waals surface area contributed by atoms with Crippen molar-refractivity contribution in [2.45, 2.75) is 64.7 Å². The zero-order valence-corrected chi connectivity index (χ0v) is 12.4. The van der Waals surface area contributed by atoms with Gasteiger partial charge in [0, 0.05) is 6.61 Å². The molecule has 0 atom stereocenters. The highest BCUT2D eigenvalue weighted by atomic mass is 16.2. The van der Waals surface area contributed by atoms with Crippen LogP contribution in [0.4, 0.5) is 0 Å². The topological polar surface area (TPSA) is 20.2 Å². The zero-order valence-electron chi connectivity index (χ0n) is 12.4. The molecule has 0 aliphatic carbocycles. The fraction of sp³-hybridized carbons (Fsp3) is 1.00. The predicted molar refractivity (Wildman–Crippen MR) is 76.2 cm³/mol. The second-order valence-electron chi connectivity index (χ2n) is 5.93. The summed E-state index contributed by atoms with van der Waals surface area (Å²) in [5, 5.41) is 8.77. The van der Waals surface area contributed by atoms with Gasteiger partial charge in [0.1, 0.15) is 0 Å². The first-order valence-electron chi connectivity index (χ1n) is 7.55. The lowest BCUT2D eigenvalue weighted by Gasteiger charge is -2.29. The Morgan fingerprint density at radius 3 is 1.71 bits per heavy atom. The second kappa shape index (κ2) is 11.0. The molecule has 0 bridgehead atoms. The molecule has 0 saturated heterocycles. The molecule has 0 fully saturated rings. The number of aliphatic hydroxyl groups is 1. The van der Waals surface area contributed by atoms with E-state index in [0.717, 1.165) is 17.3 Å². The lowest BCUT2D eigenvalue weighted by atomic mass is 10.1. The first-order valence-corrected chi connectivity index (χ1v) is 7.55. The summed E-state index contributed by atoms with van der Waals surface area (Å²) < 4.78 is 1.12. The maximum absolute atomic E-state index is 8.77. The van der Waals surface area contributed by atoms with Crippen molar-refractivity contribution in [3.63, 3.8) is 0 Å². The average Bonchev–Trinajstić information content (AvgIpc) is 2.28. The molecule has 0 radical (unpaired) electrons. The highest BCUT2D eigenvalue weighted by Crippen LogP contribution is 2.10. The minimum Gasteiger partial charge on any atom is -0.396 e. The lowest BCUT2D eigenvalue weighted by Crippen LogP contribution is -2.41. The van der Waals surface area contributed by atoms with Crippen LogP contribution in [0.3, 0.4) is 0 Å². The van der Waals surface area contributed by atoms with Crippen molar-refractivity contribution in [1.82, 2.24) is 0 Å². The number of hydrogen-bond acceptors (Lipinski definition) is 1. The van der Waals surface area contributed by atoms with Crippen molar-refractivity contribution in [1.29, 1.82) is 0 Å². The quantitative estimate of drug-likeness (QED) is 0.411. The van der Waals surface area contributed by atoms with Crippen LogP contribution in [0, 0.1) is 0 Å². The van der Waals surface area contributed by atoms with E-state index in [-0.39, 0.29) is 0 Å². The molecule has 1 N–H and O–H groups in total. The molecule has 0 rings (SSSR count). The number of hydrogen-bond donors (Lipinski definition) is 1. The maximum Gasteiger partial charge on any atom is 0.0783 e. The van der Waals surface area contributed by atoms with Gasteiger partial charge in [0.2, 0.25) is 0 Å². The molecule has 0 heterocycles. The van der Waals surface area contributed by atoms with Gasteiger partial charge in [-0.05, 0) is 25.7 Å². The monoisotopic (exact) mass is 244 g/mol. The van der Waals surface area contributed by atoms with Crippen LogP contribution in [0.1, 0.15) is 64.7 Å². The summed E-state index contributed by atoms with van der Waals surface area (Å²) in [5.41, 5.74) is 0. The predicted octanol–water partition coefficient (Wildman–Crippen LogP) is 3.59. The highest BCUT2D eigenvalue weighted by molar-refractivity contribution is 4.46. The van der Waals surface area contributed by atoms with E-state index in [1.54, 1.807) is 0 Å². The Balaban J connectivity index is 3.32. The molecule has 0 amide bonds. The van der Waals surface area contributed by atoms with Gasteiger partial charge in [0.25, 0.3) is 0 Å². The van der Waals surface area contributed by atoms with E-state index in [2.05, 4.69) is 21.0 Å². The van der Waals surface area contributed by atoms with Gasteiger partial charge in [-0.3, -0.25) is 0 Å². The molecule has 0 spiro atoms. The average molecular weight is 244 g/mol. The molecular formula is C15H34NO+. The van der Waals surface area contributed by atoms with Gasteiger partial charge in [0.05, 0.1) is 27.2 Å². The minimum atomic E-state index is 0.345. The van der Waals surface area contributed by atoms with Gasteiger partial charge in [-0.25, -0.2) is 0 Å². The molecule has 0 saturated carbocycles. The molecular weight excluding hydrogens is 210 g/mol. The van der Waals surface area contributed by atoms with Crippen LogP contribution < -0.4 is 0 Å². The summed E-state index contributed by atoms with van der Waals surface area (Å²) >= 11 is 0. The molecule has 0 aromatic rings. The Labute approximate surface area is 109 Å². The summed E-state index contributed by atoms with van der Waals surface area (Å²) in [6.07, 6.45) is 11.9. The molecule has 0 unspecified atom stereocenters. The smallest absolute Gasteiger partial charge is 0.0783 e. The third kappa shape index (κ3) is 12.2. The van der Waals surface area contributed by atoms with Crippen LogP contribution in [0.15, 0.2) is 0 Å². The van der Waals surface area contributed by atoms with Gasteiger partial charge in [-0.2, -0.15) is 0 Å². The van der Waals surface area contributed by atoms with Crippen LogP contribution in [0.5, 0.6) is 0 Å². The fourth-order valence-corrected chi connectivity index (χ4v) is 2.26. The number of nitrogens with zero attached hydrogens (tertiary/aromatic N) is 1. The van der Waals surface area contributed by atoms with Crippen LogP contribution in [-0.2, 0) is 0 Å². The Kier molecular flexibility index (Phi) is 11.0. The van der Waals surface area contributed by atoms with Crippen LogP contribution in [0.25, 0.3) is 0 Å². The summed E-state index contributed by atoms with van der Waals surface area (Å²) in [6, 6.07) is 0. The minimum absolute atomic E-state index is 0.345. The van der Waals surface area contributed by atoms with E-state index < -0.39 is 0 Å². The van der Waals surface area contributed by atoms with Crippen LogP contribution in [0.2, 0.25) is 0 Å². The first kappa shape index (κ1) is 16.9. The number of quaternary nitrogens is 1. The van der Waals surface area contributed by atoms with E-state index >= 15 is 0 Å². The largest absolute Gasteiger partial charge is 0.396 e. The summed E-state index contributed by atoms with van der Waals surface area (Å²) in [6.45, 7) is 5.11. The normalized spacial score (nSPS) is 12.0. The fourth-order valence-electron chi connectivity index (χ4n) is 2.26. The maximum atomic E-state index is 8.77. The van der Waals surface area contributed by atoms with Crippen molar-refractivity contribution >= 4 is 0 Å². The highest BCUT2D eigenvalue weighted by Gasteiger charge is 2.13. The summed E-state index contributed by atoms with van der Waals surface area (Å²) in [4.78, 5) is 0. The molecule has 0 aliphatic rings. The lowest BCUT2D eigenvalue weighted by molar-refractivity contribution is -0.890. The molecule has 2 heteroatoms. The number of unbranched alkanes of at least 4 members (excludes halogenated alkanes) is 7. The van der Waals surface area contributed by atoms with Crippen LogP contribution in [-0.4, -0.2) is 43.4 Å². The first-order chi connectivity index (χ1) is 8.12. The van der Waals surface area contributed by atoms with Crippen molar-refractivity contribution < 1.29 is 9.59 Å². The van der Waals surface area contributed by atoms with E-state index in [1.165, 1.54) is 58.0 Å². The Hall–Kier alpha value is -0.0800. The second-order valence-corrected chi connectivity index (χ2v) is 5.93. The number of aliphatic hydroxyl groups excluding tert-OH is 1. The summed E-state index contributed by atoms with van der Waals surface area (Å²) in [7, 11) is 4.63. The Morgan fingerprint density at radius 1 is 0.706 bits per heavy atom. The SMILES string of the molecule is CCCCCCCCC[N+](C)(C)CCCCO. The van der Waals surface area contributed by atoms with E-state index in [0.29, 0.717) is 6.61 Å². The molecule has 0 aromatic heterocycles. The van der Waals surface area contributed by atoms with E-state index in [1.807, 2.05) is 0 Å². The van der Waals surface area contributed by atoms with Gasteiger partial charge >= 0.3 is 0 Å². The Bertz CT molecular complexity index is 157.